The van der Waals surface area contributed by atoms with Crippen LogP contribution in [0, 0.1) is 0 Å². The molecule has 0 amide bonds. The fourth-order valence-corrected chi connectivity index (χ4v) is 1.84. The van der Waals surface area contributed by atoms with Gasteiger partial charge in [-0.3, -0.25) is 0 Å². The molecule has 0 N–H and O–H groups in total. The fourth-order valence-electron chi connectivity index (χ4n) is 1.84. The smallest absolute Gasteiger partial charge is 0.0106 e. The van der Waals surface area contributed by atoms with E-state index in [0.29, 0.717) is 0 Å². The Balaban J connectivity index is 0.000000313. The van der Waals surface area contributed by atoms with Crippen molar-refractivity contribution in [2.24, 2.45) is 0 Å². The Hall–Kier alpha value is -1.89. The number of hydrogen-bond acceptors (Lipinski definition) is 1. The van der Waals surface area contributed by atoms with Crippen LogP contribution in [-0.2, 0) is 17.1 Å². The molecule has 1 heterocycles. The molecule has 0 bridgehead atoms. The number of hydrogen-bond donors (Lipinski definition) is 0. The zero-order valence-corrected chi connectivity index (χ0v) is 13.5. The molecule has 0 aromatic heterocycles. The van der Waals surface area contributed by atoms with Gasteiger partial charge < -0.3 is 4.90 Å². The number of allylic oxidation sites excluding steroid dienone is 10. The molecule has 1 aliphatic carbocycles. The molecule has 0 spiro atoms. The van der Waals surface area contributed by atoms with E-state index >= 15 is 0 Å². The van der Waals surface area contributed by atoms with Crippen LogP contribution < -0.4 is 0 Å². The predicted octanol–water partition coefficient (Wildman–Crippen LogP) is 4.73. The maximum Gasteiger partial charge on any atom is 0.0106 e. The summed E-state index contributed by atoms with van der Waals surface area (Å²) in [6.45, 7) is 2.13. The first kappa shape index (κ1) is 17.2. The molecule has 1 nitrogen and oxygen atoms in total. The molecule has 0 radical (unpaired) electrons. The molecule has 2 aliphatic rings. The minimum atomic E-state index is 0. The Bertz CT molecular complexity index is 562. The van der Waals surface area contributed by atoms with E-state index in [1.807, 2.05) is 42.3 Å². The van der Waals surface area contributed by atoms with Gasteiger partial charge in [-0.05, 0) is 35.8 Å². The molecule has 0 atom stereocenters. The quantitative estimate of drug-likeness (QED) is 0.534. The maximum atomic E-state index is 2.16. The van der Waals surface area contributed by atoms with Crippen LogP contribution in [0.2, 0.25) is 0 Å². The van der Waals surface area contributed by atoms with Gasteiger partial charge in [-0.25, -0.2) is 12.1 Å². The zero-order valence-electron chi connectivity index (χ0n) is 12.4. The Morgan fingerprint density at radius 3 is 2.14 bits per heavy atom. The van der Waals surface area contributed by atoms with Gasteiger partial charge in [0.05, 0.1) is 0 Å². The van der Waals surface area contributed by atoms with Crippen LogP contribution in [0.25, 0.3) is 0 Å². The van der Waals surface area contributed by atoms with Crippen molar-refractivity contribution < 1.29 is 17.1 Å². The molecular formula is C19H20FeN-. The van der Waals surface area contributed by atoms with Gasteiger partial charge in [0, 0.05) is 36.5 Å². The molecule has 0 saturated carbocycles. The Kier molecular flexibility index (Phi) is 7.45. The topological polar surface area (TPSA) is 3.24 Å². The number of nitrogens with zero attached hydrogens (tertiary/aromatic N) is 1. The summed E-state index contributed by atoms with van der Waals surface area (Å²) in [5.41, 5.74) is 3.85. The molecule has 1 aromatic carbocycles. The SMILES string of the molecule is CC1=CC=CC1=CC=C1C=CN(C)C=C1.[Fe].c1cc[cH-]c1. The maximum absolute atomic E-state index is 2.16. The fraction of sp³-hybridized carbons (Fsp3) is 0.105. The minimum Gasteiger partial charge on any atom is -0.357 e. The second kappa shape index (κ2) is 9.12. The summed E-state index contributed by atoms with van der Waals surface area (Å²) in [6.07, 6.45) is 19.0. The molecular weight excluding hydrogens is 298 g/mol. The summed E-state index contributed by atoms with van der Waals surface area (Å²) in [6, 6.07) is 10.0. The first-order chi connectivity index (χ1) is 9.75. The third kappa shape index (κ3) is 5.95. The van der Waals surface area contributed by atoms with E-state index in [-0.39, 0.29) is 17.1 Å². The summed E-state index contributed by atoms with van der Waals surface area (Å²) >= 11 is 0. The van der Waals surface area contributed by atoms with Gasteiger partial charge in [-0.1, -0.05) is 30.4 Å². The Morgan fingerprint density at radius 2 is 1.67 bits per heavy atom. The average Bonchev–Trinajstić information content (AvgIpc) is 3.13. The van der Waals surface area contributed by atoms with Crippen LogP contribution in [0.3, 0.4) is 0 Å². The monoisotopic (exact) mass is 318 g/mol. The van der Waals surface area contributed by atoms with Gasteiger partial charge in [-0.2, -0.15) is 18.2 Å². The summed E-state index contributed by atoms with van der Waals surface area (Å²) in [7, 11) is 2.02. The number of rotatable bonds is 1. The molecule has 1 aromatic rings. The van der Waals surface area contributed by atoms with Crippen LogP contribution in [-0.4, -0.2) is 11.9 Å². The summed E-state index contributed by atoms with van der Waals surface area (Å²) in [4.78, 5) is 2.03. The van der Waals surface area contributed by atoms with Crippen LogP contribution >= 0.6 is 0 Å². The van der Waals surface area contributed by atoms with Crippen molar-refractivity contribution in [1.29, 1.82) is 0 Å². The van der Waals surface area contributed by atoms with Gasteiger partial charge in [0.25, 0.3) is 0 Å². The van der Waals surface area contributed by atoms with E-state index in [4.69, 9.17) is 0 Å². The van der Waals surface area contributed by atoms with Gasteiger partial charge in [-0.15, -0.1) is 0 Å². The van der Waals surface area contributed by atoms with E-state index in [9.17, 15) is 0 Å². The summed E-state index contributed by atoms with van der Waals surface area (Å²) in [5.74, 6) is 0. The molecule has 0 saturated heterocycles. The van der Waals surface area contributed by atoms with Crippen molar-refractivity contribution in [3.8, 4) is 0 Å². The van der Waals surface area contributed by atoms with Gasteiger partial charge in [0.15, 0.2) is 0 Å². The first-order valence-corrected chi connectivity index (χ1v) is 6.78. The molecule has 0 unspecified atom stereocenters. The van der Waals surface area contributed by atoms with Crippen molar-refractivity contribution in [3.63, 3.8) is 0 Å². The third-order valence-electron chi connectivity index (χ3n) is 3.09. The van der Waals surface area contributed by atoms with E-state index in [1.165, 1.54) is 16.7 Å². The molecule has 3 rings (SSSR count). The van der Waals surface area contributed by atoms with Gasteiger partial charge >= 0.3 is 0 Å². The molecule has 2 heteroatoms. The van der Waals surface area contributed by atoms with Crippen molar-refractivity contribution in [2.45, 2.75) is 6.92 Å². The van der Waals surface area contributed by atoms with Crippen LogP contribution in [0.15, 0.2) is 102 Å². The zero-order chi connectivity index (χ0) is 14.2. The van der Waals surface area contributed by atoms with E-state index < -0.39 is 0 Å². The second-order valence-corrected chi connectivity index (χ2v) is 4.76. The normalized spacial score (nSPS) is 17.2. The molecule has 0 fully saturated rings. The molecule has 110 valence electrons. The van der Waals surface area contributed by atoms with Crippen LogP contribution in [0.1, 0.15) is 6.92 Å². The predicted molar refractivity (Wildman–Crippen MR) is 87.1 cm³/mol. The third-order valence-corrected chi connectivity index (χ3v) is 3.09. The average molecular weight is 318 g/mol. The molecule has 21 heavy (non-hydrogen) atoms. The van der Waals surface area contributed by atoms with Gasteiger partial charge in [0.2, 0.25) is 0 Å². The second-order valence-electron chi connectivity index (χ2n) is 4.76. The Morgan fingerprint density at radius 1 is 1.00 bits per heavy atom. The van der Waals surface area contributed by atoms with Crippen molar-refractivity contribution in [3.05, 3.63) is 102 Å². The molecule has 1 aliphatic heterocycles. The van der Waals surface area contributed by atoms with Crippen molar-refractivity contribution >= 4 is 0 Å². The van der Waals surface area contributed by atoms with Gasteiger partial charge in [0.1, 0.15) is 0 Å². The Labute approximate surface area is 138 Å². The first-order valence-electron chi connectivity index (χ1n) is 6.78. The van der Waals surface area contributed by atoms with Crippen LogP contribution in [0.4, 0.5) is 0 Å². The van der Waals surface area contributed by atoms with E-state index in [0.717, 1.165) is 0 Å². The minimum absolute atomic E-state index is 0. The summed E-state index contributed by atoms with van der Waals surface area (Å²) < 4.78 is 0. The summed E-state index contributed by atoms with van der Waals surface area (Å²) in [5, 5.41) is 0. The largest absolute Gasteiger partial charge is 0.357 e. The standard InChI is InChI=1S/C14H15N.C5H5.Fe/c1-12-4-3-5-14(12)7-6-13-8-10-15(2)11-9-13;1-2-4-5-3-1;/h3-11H,1-2H3;1-5H;/q;-1;. The van der Waals surface area contributed by atoms with E-state index in [2.05, 4.69) is 61.9 Å². The van der Waals surface area contributed by atoms with Crippen LogP contribution in [0.5, 0.6) is 0 Å². The van der Waals surface area contributed by atoms with Crippen molar-refractivity contribution in [1.82, 2.24) is 4.90 Å². The van der Waals surface area contributed by atoms with Crippen molar-refractivity contribution in [2.75, 3.05) is 7.05 Å². The van der Waals surface area contributed by atoms with E-state index in [1.54, 1.807) is 0 Å².